The summed E-state index contributed by atoms with van der Waals surface area (Å²) in [6, 6.07) is 8.67. The minimum Gasteiger partial charge on any atom is -0.491 e. The van der Waals surface area contributed by atoms with Gasteiger partial charge in [0, 0.05) is 25.7 Å². The molecule has 0 spiro atoms. The largest absolute Gasteiger partial charge is 0.491 e. The standard InChI is InChI=1S/C16H28N4O/c1-12(2)21-14-7-5-6-13(10-14)16(18-17)15-11-19(3)8-9-20(15)4/h5-7,10,12,15-16,18H,8-9,11,17H2,1-4H3. The number of hydrogen-bond donors (Lipinski definition) is 2. The summed E-state index contributed by atoms with van der Waals surface area (Å²) in [6.07, 6.45) is 0.174. The highest BCUT2D eigenvalue weighted by Gasteiger charge is 2.30. The molecule has 5 heteroatoms. The molecule has 0 amide bonds. The smallest absolute Gasteiger partial charge is 0.120 e. The van der Waals surface area contributed by atoms with Crippen molar-refractivity contribution >= 4 is 0 Å². The number of hydrogen-bond acceptors (Lipinski definition) is 5. The van der Waals surface area contributed by atoms with Crippen LogP contribution in [0.3, 0.4) is 0 Å². The second-order valence-electron chi connectivity index (χ2n) is 6.19. The fourth-order valence-corrected chi connectivity index (χ4v) is 2.89. The first-order valence-corrected chi connectivity index (χ1v) is 7.62. The van der Waals surface area contributed by atoms with Gasteiger partial charge in [-0.05, 0) is 45.6 Å². The van der Waals surface area contributed by atoms with Gasteiger partial charge in [-0.1, -0.05) is 12.1 Å². The number of ether oxygens (including phenoxy) is 1. The van der Waals surface area contributed by atoms with Crippen molar-refractivity contribution < 1.29 is 4.74 Å². The second-order valence-corrected chi connectivity index (χ2v) is 6.19. The number of benzene rings is 1. The van der Waals surface area contributed by atoms with Crippen LogP contribution < -0.4 is 16.0 Å². The molecule has 21 heavy (non-hydrogen) atoms. The summed E-state index contributed by atoms with van der Waals surface area (Å²) >= 11 is 0. The molecular weight excluding hydrogens is 264 g/mol. The molecule has 1 fully saturated rings. The van der Waals surface area contributed by atoms with Gasteiger partial charge in [0.15, 0.2) is 0 Å². The molecule has 1 aromatic carbocycles. The van der Waals surface area contributed by atoms with Crippen molar-refractivity contribution in [2.45, 2.75) is 32.0 Å². The predicted octanol–water partition coefficient (Wildman–Crippen LogP) is 1.22. The van der Waals surface area contributed by atoms with Gasteiger partial charge in [-0.15, -0.1) is 0 Å². The Balaban J connectivity index is 2.20. The Labute approximate surface area is 128 Å². The van der Waals surface area contributed by atoms with Gasteiger partial charge in [0.05, 0.1) is 12.1 Å². The number of rotatable bonds is 5. The fraction of sp³-hybridized carbons (Fsp3) is 0.625. The van der Waals surface area contributed by atoms with Crippen molar-refractivity contribution in [3.8, 4) is 5.75 Å². The van der Waals surface area contributed by atoms with E-state index >= 15 is 0 Å². The average molecular weight is 292 g/mol. The van der Waals surface area contributed by atoms with Gasteiger partial charge < -0.3 is 9.64 Å². The number of hydrazine groups is 1. The van der Waals surface area contributed by atoms with E-state index in [9.17, 15) is 0 Å². The average Bonchev–Trinajstić information content (AvgIpc) is 2.43. The molecule has 2 rings (SSSR count). The zero-order chi connectivity index (χ0) is 15.4. The van der Waals surface area contributed by atoms with Crippen LogP contribution in [-0.4, -0.2) is 55.7 Å². The molecule has 2 atom stereocenters. The molecule has 0 radical (unpaired) electrons. The maximum absolute atomic E-state index is 5.86. The zero-order valence-corrected chi connectivity index (χ0v) is 13.5. The SMILES string of the molecule is CC(C)Oc1cccc(C(NN)C2CN(C)CCN2C)c1. The lowest BCUT2D eigenvalue weighted by Crippen LogP contribution is -2.56. The van der Waals surface area contributed by atoms with Gasteiger partial charge in [0.25, 0.3) is 0 Å². The molecule has 3 N–H and O–H groups in total. The molecular formula is C16H28N4O. The summed E-state index contributed by atoms with van der Waals surface area (Å²) in [4.78, 5) is 4.73. The number of nitrogens with one attached hydrogen (secondary N) is 1. The number of piperazine rings is 1. The topological polar surface area (TPSA) is 53.8 Å². The van der Waals surface area contributed by atoms with Gasteiger partial charge in [-0.3, -0.25) is 16.2 Å². The molecule has 1 saturated heterocycles. The molecule has 1 aliphatic rings. The number of likely N-dealkylation sites (N-methyl/N-ethyl adjacent to an activating group) is 2. The highest BCUT2D eigenvalue weighted by atomic mass is 16.5. The molecule has 1 heterocycles. The second kappa shape index (κ2) is 7.22. The van der Waals surface area contributed by atoms with Gasteiger partial charge in [0.2, 0.25) is 0 Å². The maximum atomic E-state index is 5.86. The van der Waals surface area contributed by atoms with Crippen LogP contribution in [0.25, 0.3) is 0 Å². The Morgan fingerprint density at radius 2 is 2.05 bits per heavy atom. The van der Waals surface area contributed by atoms with E-state index in [1.54, 1.807) is 0 Å². The Hall–Kier alpha value is -1.14. The molecule has 0 bridgehead atoms. The first kappa shape index (κ1) is 16.2. The minimum absolute atomic E-state index is 0.0912. The first-order chi connectivity index (χ1) is 10.0. The van der Waals surface area contributed by atoms with Gasteiger partial charge in [-0.2, -0.15) is 0 Å². The van der Waals surface area contributed by atoms with E-state index in [0.717, 1.165) is 25.4 Å². The van der Waals surface area contributed by atoms with Crippen molar-refractivity contribution in [1.82, 2.24) is 15.2 Å². The molecule has 0 aromatic heterocycles. The lowest BCUT2D eigenvalue weighted by Gasteiger charge is -2.41. The quantitative estimate of drug-likeness (QED) is 0.631. The summed E-state index contributed by atoms with van der Waals surface area (Å²) in [5, 5.41) is 0. The highest BCUT2D eigenvalue weighted by Crippen LogP contribution is 2.26. The van der Waals surface area contributed by atoms with Crippen molar-refractivity contribution in [2.75, 3.05) is 33.7 Å². The summed E-state index contributed by atoms with van der Waals surface area (Å²) in [6.45, 7) is 7.23. The zero-order valence-electron chi connectivity index (χ0n) is 13.5. The van der Waals surface area contributed by atoms with E-state index in [1.807, 2.05) is 26.0 Å². The third-order valence-electron chi connectivity index (χ3n) is 4.05. The van der Waals surface area contributed by atoms with E-state index in [0.29, 0.717) is 6.04 Å². The lowest BCUT2D eigenvalue weighted by molar-refractivity contribution is 0.0875. The minimum atomic E-state index is 0.0912. The van der Waals surface area contributed by atoms with Gasteiger partial charge in [0.1, 0.15) is 5.75 Å². The van der Waals surface area contributed by atoms with E-state index in [-0.39, 0.29) is 12.1 Å². The Bertz CT molecular complexity index is 452. The Morgan fingerprint density at radius 1 is 1.29 bits per heavy atom. The molecule has 2 unspecified atom stereocenters. The van der Waals surface area contributed by atoms with Crippen molar-refractivity contribution in [3.63, 3.8) is 0 Å². The third-order valence-corrected chi connectivity index (χ3v) is 4.05. The van der Waals surface area contributed by atoms with E-state index < -0.39 is 0 Å². The lowest BCUT2D eigenvalue weighted by atomic mass is 9.96. The molecule has 5 nitrogen and oxygen atoms in total. The van der Waals surface area contributed by atoms with Crippen LogP contribution in [-0.2, 0) is 0 Å². The summed E-state index contributed by atoms with van der Waals surface area (Å²) < 4.78 is 5.79. The first-order valence-electron chi connectivity index (χ1n) is 7.62. The van der Waals surface area contributed by atoms with Crippen molar-refractivity contribution in [1.29, 1.82) is 0 Å². The summed E-state index contributed by atoms with van der Waals surface area (Å²) in [5.41, 5.74) is 4.16. The van der Waals surface area contributed by atoms with Crippen LogP contribution in [0.4, 0.5) is 0 Å². The van der Waals surface area contributed by atoms with Crippen LogP contribution in [0.1, 0.15) is 25.5 Å². The maximum Gasteiger partial charge on any atom is 0.120 e. The number of nitrogens with two attached hydrogens (primary N) is 1. The fourth-order valence-electron chi connectivity index (χ4n) is 2.89. The highest BCUT2D eigenvalue weighted by molar-refractivity contribution is 5.31. The Kier molecular flexibility index (Phi) is 5.58. The molecule has 118 valence electrons. The van der Waals surface area contributed by atoms with Crippen molar-refractivity contribution in [3.05, 3.63) is 29.8 Å². The molecule has 1 aliphatic heterocycles. The van der Waals surface area contributed by atoms with Crippen LogP contribution in [0.2, 0.25) is 0 Å². The number of nitrogens with zero attached hydrogens (tertiary/aromatic N) is 2. The summed E-state index contributed by atoms with van der Waals surface area (Å²) in [5.74, 6) is 6.76. The third kappa shape index (κ3) is 4.17. The van der Waals surface area contributed by atoms with E-state index in [4.69, 9.17) is 10.6 Å². The van der Waals surface area contributed by atoms with Crippen LogP contribution in [0.5, 0.6) is 5.75 Å². The normalized spacial score (nSPS) is 22.5. The van der Waals surface area contributed by atoms with E-state index in [2.05, 4.69) is 41.5 Å². The predicted molar refractivity (Wildman–Crippen MR) is 86.2 cm³/mol. The Morgan fingerprint density at radius 3 is 2.71 bits per heavy atom. The van der Waals surface area contributed by atoms with Crippen molar-refractivity contribution in [2.24, 2.45) is 5.84 Å². The molecule has 0 aliphatic carbocycles. The molecule has 1 aromatic rings. The molecule has 0 saturated carbocycles. The van der Waals surface area contributed by atoms with Gasteiger partial charge >= 0.3 is 0 Å². The van der Waals surface area contributed by atoms with Crippen LogP contribution in [0, 0.1) is 0 Å². The van der Waals surface area contributed by atoms with Crippen LogP contribution in [0.15, 0.2) is 24.3 Å². The summed E-state index contributed by atoms with van der Waals surface area (Å²) in [7, 11) is 4.32. The van der Waals surface area contributed by atoms with Crippen LogP contribution >= 0.6 is 0 Å². The van der Waals surface area contributed by atoms with Gasteiger partial charge in [-0.25, -0.2) is 0 Å². The van der Waals surface area contributed by atoms with E-state index in [1.165, 1.54) is 5.56 Å². The monoisotopic (exact) mass is 292 g/mol.